The Bertz CT molecular complexity index is 960. The van der Waals surface area contributed by atoms with Gasteiger partial charge in [-0.2, -0.15) is 0 Å². The van der Waals surface area contributed by atoms with E-state index in [9.17, 15) is 15.0 Å². The smallest absolute Gasteiger partial charge is 0.211 e. The molecule has 0 bridgehead atoms. The van der Waals surface area contributed by atoms with Gasteiger partial charge in [0.2, 0.25) is 22.7 Å². The summed E-state index contributed by atoms with van der Waals surface area (Å²) in [6.07, 6.45) is 0. The highest BCUT2D eigenvalue weighted by Gasteiger charge is 2.26. The van der Waals surface area contributed by atoms with E-state index in [0.29, 0.717) is 0 Å². The van der Waals surface area contributed by atoms with Crippen LogP contribution < -0.4 is 14.9 Å². The van der Waals surface area contributed by atoms with Crippen molar-refractivity contribution in [1.82, 2.24) is 0 Å². The van der Waals surface area contributed by atoms with Gasteiger partial charge in [-0.25, -0.2) is 0 Å². The summed E-state index contributed by atoms with van der Waals surface area (Å²) in [4.78, 5) is 12.6. The summed E-state index contributed by atoms with van der Waals surface area (Å²) in [6, 6.07) is 4.68. The fourth-order valence-electron chi connectivity index (χ4n) is 2.39. The number of phenolic OH excluding ortho intramolecular Hbond substituents is 2. The van der Waals surface area contributed by atoms with E-state index in [-0.39, 0.29) is 38.5 Å². The van der Waals surface area contributed by atoms with Crippen molar-refractivity contribution < 1.29 is 24.1 Å². The topological polar surface area (TPSA) is 89.1 Å². The van der Waals surface area contributed by atoms with Crippen LogP contribution in [-0.4, -0.2) is 24.4 Å². The van der Waals surface area contributed by atoms with Gasteiger partial charge in [0.25, 0.3) is 0 Å². The zero-order valence-corrected chi connectivity index (χ0v) is 12.4. The quantitative estimate of drug-likeness (QED) is 0.557. The third-order valence-electron chi connectivity index (χ3n) is 3.37. The molecule has 0 unspecified atom stereocenters. The molecule has 6 nitrogen and oxygen atoms in total. The molecule has 0 fully saturated rings. The summed E-state index contributed by atoms with van der Waals surface area (Å²) in [5.74, 6) is -1.21. The Morgan fingerprint density at radius 3 is 2.32 bits per heavy atom. The van der Waals surface area contributed by atoms with Crippen molar-refractivity contribution in [2.24, 2.45) is 0 Å². The van der Waals surface area contributed by atoms with Crippen molar-refractivity contribution in [3.63, 3.8) is 0 Å². The molecule has 1 heterocycles. The van der Waals surface area contributed by atoms with E-state index >= 15 is 0 Å². The third kappa shape index (κ3) is 1.77. The van der Waals surface area contributed by atoms with Crippen molar-refractivity contribution >= 4 is 33.5 Å². The molecule has 0 aliphatic carbocycles. The molecule has 0 spiro atoms. The van der Waals surface area contributed by atoms with Gasteiger partial charge in [-0.15, -0.1) is 0 Å². The summed E-state index contributed by atoms with van der Waals surface area (Å²) >= 11 is 6.03. The summed E-state index contributed by atoms with van der Waals surface area (Å²) in [7, 11) is 2.57. The minimum Gasteiger partial charge on any atom is -0.504 e. The predicted molar refractivity (Wildman–Crippen MR) is 81.4 cm³/mol. The molecule has 3 aromatic rings. The molecule has 0 radical (unpaired) electrons. The van der Waals surface area contributed by atoms with Crippen LogP contribution in [0.1, 0.15) is 0 Å². The summed E-state index contributed by atoms with van der Waals surface area (Å²) in [6.45, 7) is 0. The van der Waals surface area contributed by atoms with Crippen LogP contribution in [0.4, 0.5) is 0 Å². The lowest BCUT2D eigenvalue weighted by Gasteiger charge is -2.13. The van der Waals surface area contributed by atoms with Gasteiger partial charge in [-0.3, -0.25) is 4.79 Å². The molecule has 0 amide bonds. The van der Waals surface area contributed by atoms with Crippen molar-refractivity contribution in [1.29, 1.82) is 0 Å². The van der Waals surface area contributed by atoms with Gasteiger partial charge in [0, 0.05) is 0 Å². The Labute approximate surface area is 129 Å². The van der Waals surface area contributed by atoms with Crippen molar-refractivity contribution in [2.45, 2.75) is 0 Å². The largest absolute Gasteiger partial charge is 0.504 e. The van der Waals surface area contributed by atoms with Gasteiger partial charge in [0.15, 0.2) is 11.3 Å². The Morgan fingerprint density at radius 2 is 1.68 bits per heavy atom. The highest BCUT2D eigenvalue weighted by Crippen LogP contribution is 2.49. The van der Waals surface area contributed by atoms with Crippen molar-refractivity contribution in [3.05, 3.63) is 33.4 Å². The highest BCUT2D eigenvalue weighted by molar-refractivity contribution is 6.35. The number of rotatable bonds is 2. The molecule has 0 aliphatic rings. The van der Waals surface area contributed by atoms with Gasteiger partial charge < -0.3 is 24.1 Å². The second-order valence-corrected chi connectivity index (χ2v) is 4.92. The lowest BCUT2D eigenvalue weighted by Crippen LogP contribution is -2.05. The fraction of sp³-hybridized carbons (Fsp3) is 0.133. The first-order chi connectivity index (χ1) is 10.5. The van der Waals surface area contributed by atoms with E-state index < -0.39 is 16.9 Å². The monoisotopic (exact) mass is 322 g/mol. The Hall–Kier alpha value is -2.60. The van der Waals surface area contributed by atoms with E-state index in [1.54, 1.807) is 6.07 Å². The van der Waals surface area contributed by atoms with Gasteiger partial charge in [-0.05, 0) is 12.1 Å². The fourth-order valence-corrected chi connectivity index (χ4v) is 2.64. The number of halogens is 1. The molecule has 7 heteroatoms. The molecule has 22 heavy (non-hydrogen) atoms. The van der Waals surface area contributed by atoms with E-state index in [1.165, 1.54) is 26.4 Å². The molecule has 3 rings (SSSR count). The number of methoxy groups -OCH3 is 2. The number of hydrogen-bond donors (Lipinski definition) is 2. The zero-order chi connectivity index (χ0) is 16.0. The first kappa shape index (κ1) is 14.3. The zero-order valence-electron chi connectivity index (χ0n) is 11.6. The molecule has 0 saturated carbocycles. The van der Waals surface area contributed by atoms with E-state index in [0.717, 1.165) is 0 Å². The third-order valence-corrected chi connectivity index (χ3v) is 3.68. The van der Waals surface area contributed by atoms with Crippen LogP contribution in [0.5, 0.6) is 23.0 Å². The van der Waals surface area contributed by atoms with E-state index in [1.807, 2.05) is 0 Å². The molecule has 2 N–H and O–H groups in total. The van der Waals surface area contributed by atoms with Crippen LogP contribution in [0.15, 0.2) is 27.4 Å². The molecule has 2 aromatic carbocycles. The van der Waals surface area contributed by atoms with Crippen LogP contribution in [0.3, 0.4) is 0 Å². The molecule has 1 aromatic heterocycles. The van der Waals surface area contributed by atoms with E-state index in [2.05, 4.69) is 0 Å². The number of benzene rings is 2. The molecule has 0 aliphatic heterocycles. The van der Waals surface area contributed by atoms with Crippen LogP contribution >= 0.6 is 11.6 Å². The maximum atomic E-state index is 12.6. The normalized spacial score (nSPS) is 11.0. The maximum absolute atomic E-state index is 12.6. The lowest BCUT2D eigenvalue weighted by atomic mass is 10.1. The van der Waals surface area contributed by atoms with Crippen molar-refractivity contribution in [2.75, 3.05) is 14.2 Å². The SMILES string of the molecule is COc1c(OC)c(O)c2c(=O)c3c(Cl)cccc3oc2c1O. The lowest BCUT2D eigenvalue weighted by molar-refractivity contribution is 0.318. The summed E-state index contributed by atoms with van der Waals surface area (Å²) in [5.41, 5.74) is -0.586. The minimum atomic E-state index is -0.574. The Kier molecular flexibility index (Phi) is 3.26. The second-order valence-electron chi connectivity index (χ2n) is 4.51. The van der Waals surface area contributed by atoms with E-state index in [4.69, 9.17) is 25.5 Å². The molecule has 114 valence electrons. The standard InChI is InChI=1S/C15H11ClO6/c1-20-14-11(18)9-10(17)8-6(16)4-3-5-7(8)22-13(9)12(19)15(14)21-2/h3-5,18-19H,1-2H3. The molecule has 0 atom stereocenters. The average Bonchev–Trinajstić information content (AvgIpc) is 2.50. The van der Waals surface area contributed by atoms with Gasteiger partial charge in [0.1, 0.15) is 11.0 Å². The molecular formula is C15H11ClO6. The number of phenols is 2. The van der Waals surface area contributed by atoms with Gasteiger partial charge in [-0.1, -0.05) is 17.7 Å². The highest BCUT2D eigenvalue weighted by atomic mass is 35.5. The average molecular weight is 323 g/mol. The van der Waals surface area contributed by atoms with Gasteiger partial charge in [0.05, 0.1) is 24.6 Å². The van der Waals surface area contributed by atoms with Crippen LogP contribution in [0.25, 0.3) is 21.9 Å². The van der Waals surface area contributed by atoms with Crippen molar-refractivity contribution in [3.8, 4) is 23.0 Å². The minimum absolute atomic E-state index is 0.110. The first-order valence-electron chi connectivity index (χ1n) is 6.22. The first-order valence-corrected chi connectivity index (χ1v) is 6.60. The van der Waals surface area contributed by atoms with Crippen LogP contribution in [0.2, 0.25) is 5.02 Å². The number of fused-ring (bicyclic) bond motifs is 2. The number of ether oxygens (including phenoxy) is 2. The second kappa shape index (κ2) is 4.99. The Balaban J connectivity index is 2.66. The van der Waals surface area contributed by atoms with Crippen LogP contribution in [-0.2, 0) is 0 Å². The van der Waals surface area contributed by atoms with Crippen LogP contribution in [0, 0.1) is 0 Å². The Morgan fingerprint density at radius 1 is 1.05 bits per heavy atom. The predicted octanol–water partition coefficient (Wildman–Crippen LogP) is 3.03. The number of aromatic hydroxyl groups is 2. The number of hydrogen-bond acceptors (Lipinski definition) is 6. The summed E-state index contributed by atoms with van der Waals surface area (Å²) < 4.78 is 15.5. The molecular weight excluding hydrogens is 312 g/mol. The van der Waals surface area contributed by atoms with Gasteiger partial charge >= 0.3 is 0 Å². The maximum Gasteiger partial charge on any atom is 0.211 e. The summed E-state index contributed by atoms with van der Waals surface area (Å²) in [5, 5.41) is 20.6. The molecule has 0 saturated heterocycles.